The molecule has 0 unspecified atom stereocenters. The molecule has 0 spiro atoms. The van der Waals surface area contributed by atoms with Crippen molar-refractivity contribution in [2.24, 2.45) is 0 Å². The van der Waals surface area contributed by atoms with E-state index in [4.69, 9.17) is 5.73 Å². The van der Waals surface area contributed by atoms with E-state index in [1.165, 1.54) is 0 Å². The Morgan fingerprint density at radius 3 is 2.00 bits per heavy atom. The van der Waals surface area contributed by atoms with Crippen LogP contribution in [0.3, 0.4) is 0 Å². The fourth-order valence-electron chi connectivity index (χ4n) is 0.590. The maximum Gasteiger partial charge on any atom is 0.0796 e. The van der Waals surface area contributed by atoms with Crippen LogP contribution in [0.5, 0.6) is 0 Å². The van der Waals surface area contributed by atoms with Crippen LogP contribution in [0.4, 0.5) is 0 Å². The zero-order valence-corrected chi connectivity index (χ0v) is 8.21. The van der Waals surface area contributed by atoms with E-state index in [1.807, 2.05) is 6.07 Å². The van der Waals surface area contributed by atoms with Gasteiger partial charge in [0, 0.05) is 32.7 Å². The number of hydrogen-bond acceptors (Lipinski definition) is 1. The van der Waals surface area contributed by atoms with Gasteiger partial charge in [-0.05, 0) is 5.56 Å². The summed E-state index contributed by atoms with van der Waals surface area (Å²) in [5.74, 6) is -0.629. The summed E-state index contributed by atoms with van der Waals surface area (Å²) in [5.41, 5.74) is 7.12. The van der Waals surface area contributed by atoms with Crippen molar-refractivity contribution in [3.8, 4) is 0 Å². The molecule has 2 nitrogen and oxygen atoms in total. The van der Waals surface area contributed by atoms with E-state index in [0.29, 0.717) is 5.56 Å². The van der Waals surface area contributed by atoms with Crippen molar-refractivity contribution in [2.45, 2.75) is 0 Å². The second kappa shape index (κ2) is 4.58. The molecule has 1 radical (unpaired) electrons. The molecule has 1 N–H and O–H groups in total. The van der Waals surface area contributed by atoms with Gasteiger partial charge in [-0.2, -0.15) is 0 Å². The first-order valence-corrected chi connectivity index (χ1v) is 2.61. The van der Waals surface area contributed by atoms with Crippen LogP contribution in [0.2, 0.25) is 0 Å². The molecule has 0 bridgehead atoms. The first-order valence-electron chi connectivity index (χ1n) is 2.61. The van der Waals surface area contributed by atoms with Crippen LogP contribution in [-0.2, 0) is 32.7 Å². The number of carbonyl (C=O) groups excluding carboxylic acids is 1. The fourth-order valence-corrected chi connectivity index (χ4v) is 0.590. The van der Waals surface area contributed by atoms with Crippen molar-refractivity contribution < 1.29 is 37.5 Å². The SMILES string of the molecule is [NH-]C(=O)c1ccccc1.[Y]. The third-order valence-electron chi connectivity index (χ3n) is 1.04. The minimum absolute atomic E-state index is 0. The maximum atomic E-state index is 10.3. The predicted octanol–water partition coefficient (Wildman–Crippen LogP) is 1.88. The smallest absolute Gasteiger partial charge is 0.0796 e. The molecule has 0 atom stereocenters. The average molecular weight is 209 g/mol. The zero-order valence-electron chi connectivity index (χ0n) is 5.37. The predicted molar refractivity (Wildman–Crippen MR) is 35.1 cm³/mol. The minimum atomic E-state index is -0.629. The molecule has 0 aliphatic heterocycles. The first-order chi connectivity index (χ1) is 4.30. The molecule has 0 heterocycles. The molecule has 0 saturated carbocycles. The zero-order chi connectivity index (χ0) is 6.69. The molecule has 1 aromatic carbocycles. The number of carbonyl (C=O) groups is 1. The van der Waals surface area contributed by atoms with Gasteiger partial charge < -0.3 is 10.5 Å². The van der Waals surface area contributed by atoms with E-state index in [1.54, 1.807) is 24.3 Å². The van der Waals surface area contributed by atoms with Crippen LogP contribution in [0.25, 0.3) is 5.73 Å². The topological polar surface area (TPSA) is 40.9 Å². The van der Waals surface area contributed by atoms with Crippen molar-refractivity contribution in [1.82, 2.24) is 0 Å². The third kappa shape index (κ3) is 2.59. The normalized spacial score (nSPS) is 8.00. The van der Waals surface area contributed by atoms with Gasteiger partial charge in [0.15, 0.2) is 0 Å². The Kier molecular flexibility index (Phi) is 4.49. The average Bonchev–Trinajstić information content (AvgIpc) is 1.90. The summed E-state index contributed by atoms with van der Waals surface area (Å²) in [6.45, 7) is 0. The number of rotatable bonds is 1. The molecule has 1 aromatic rings. The van der Waals surface area contributed by atoms with Gasteiger partial charge >= 0.3 is 0 Å². The van der Waals surface area contributed by atoms with Crippen LogP contribution < -0.4 is 0 Å². The van der Waals surface area contributed by atoms with Gasteiger partial charge in [-0.1, -0.05) is 30.3 Å². The van der Waals surface area contributed by atoms with Crippen molar-refractivity contribution in [3.05, 3.63) is 41.6 Å². The van der Waals surface area contributed by atoms with Crippen molar-refractivity contribution in [3.63, 3.8) is 0 Å². The summed E-state index contributed by atoms with van der Waals surface area (Å²) >= 11 is 0. The van der Waals surface area contributed by atoms with E-state index in [0.717, 1.165) is 0 Å². The number of benzene rings is 1. The molecular weight excluding hydrogens is 203 g/mol. The van der Waals surface area contributed by atoms with Crippen LogP contribution >= 0.6 is 0 Å². The Labute approximate surface area is 84.7 Å². The molecule has 0 saturated heterocycles. The molecule has 3 heteroatoms. The molecule has 0 aliphatic carbocycles. The van der Waals surface area contributed by atoms with Crippen molar-refractivity contribution in [2.75, 3.05) is 0 Å². The molecular formula is C7H6NOY-. The standard InChI is InChI=1S/C7H7NO.Y/c8-7(9)6-4-2-1-3-5-6;/h1-5H,(H2,8,9);/p-1. The molecule has 0 fully saturated rings. The van der Waals surface area contributed by atoms with E-state index in [-0.39, 0.29) is 32.7 Å². The van der Waals surface area contributed by atoms with Gasteiger partial charge in [-0.15, -0.1) is 0 Å². The summed E-state index contributed by atoms with van der Waals surface area (Å²) in [5, 5.41) is 0. The molecule has 0 aliphatic rings. The van der Waals surface area contributed by atoms with Crippen LogP contribution in [-0.4, -0.2) is 5.91 Å². The van der Waals surface area contributed by atoms with E-state index >= 15 is 0 Å². The second-order valence-corrected chi connectivity index (χ2v) is 1.70. The summed E-state index contributed by atoms with van der Waals surface area (Å²) in [4.78, 5) is 10.3. The number of amides is 1. The van der Waals surface area contributed by atoms with Crippen LogP contribution in [0, 0.1) is 0 Å². The van der Waals surface area contributed by atoms with Crippen LogP contribution in [0.15, 0.2) is 30.3 Å². The monoisotopic (exact) mass is 209 g/mol. The number of hydrogen-bond donors (Lipinski definition) is 0. The summed E-state index contributed by atoms with van der Waals surface area (Å²) < 4.78 is 0. The third-order valence-corrected chi connectivity index (χ3v) is 1.04. The summed E-state index contributed by atoms with van der Waals surface area (Å²) in [6.07, 6.45) is 0. The molecule has 0 aromatic heterocycles. The molecule has 10 heavy (non-hydrogen) atoms. The van der Waals surface area contributed by atoms with Crippen molar-refractivity contribution >= 4 is 5.91 Å². The van der Waals surface area contributed by atoms with E-state index in [9.17, 15) is 4.79 Å². The maximum absolute atomic E-state index is 10.3. The van der Waals surface area contributed by atoms with Gasteiger partial charge in [-0.25, -0.2) is 0 Å². The Morgan fingerprint density at radius 2 is 1.70 bits per heavy atom. The summed E-state index contributed by atoms with van der Waals surface area (Å²) in [7, 11) is 0. The quantitative estimate of drug-likeness (QED) is 0.695. The van der Waals surface area contributed by atoms with Gasteiger partial charge in [-0.3, -0.25) is 0 Å². The number of nitrogens with one attached hydrogen (secondary N) is 1. The van der Waals surface area contributed by atoms with E-state index < -0.39 is 5.91 Å². The molecule has 1 amide bonds. The van der Waals surface area contributed by atoms with Crippen LogP contribution in [0.1, 0.15) is 10.4 Å². The van der Waals surface area contributed by atoms with E-state index in [2.05, 4.69) is 0 Å². The Hall–Kier alpha value is -0.206. The minimum Gasteiger partial charge on any atom is -0.664 e. The molecule has 49 valence electrons. The summed E-state index contributed by atoms with van der Waals surface area (Å²) in [6, 6.07) is 8.53. The van der Waals surface area contributed by atoms with Gasteiger partial charge in [0.05, 0.1) is 5.91 Å². The van der Waals surface area contributed by atoms with Gasteiger partial charge in [0.2, 0.25) is 0 Å². The second-order valence-electron chi connectivity index (χ2n) is 1.70. The Balaban J connectivity index is 0.000000810. The Morgan fingerprint density at radius 1 is 1.20 bits per heavy atom. The molecule has 1 rings (SSSR count). The largest absolute Gasteiger partial charge is 0.664 e. The van der Waals surface area contributed by atoms with Gasteiger partial charge in [0.1, 0.15) is 0 Å². The fraction of sp³-hybridized carbons (Fsp3) is 0. The Bertz CT molecular complexity index is 210. The van der Waals surface area contributed by atoms with Gasteiger partial charge in [0.25, 0.3) is 0 Å². The van der Waals surface area contributed by atoms with Crippen molar-refractivity contribution in [1.29, 1.82) is 0 Å². The first kappa shape index (κ1) is 9.79.